The first kappa shape index (κ1) is 12.7. The van der Waals surface area contributed by atoms with Gasteiger partial charge in [-0.15, -0.1) is 0 Å². The van der Waals surface area contributed by atoms with Gasteiger partial charge in [-0.05, 0) is 0 Å². The van der Waals surface area contributed by atoms with Crippen molar-refractivity contribution in [3.63, 3.8) is 0 Å². The van der Waals surface area contributed by atoms with Gasteiger partial charge in [0.2, 0.25) is 12.3 Å². The van der Waals surface area contributed by atoms with Crippen LogP contribution >= 0.6 is 0 Å². The van der Waals surface area contributed by atoms with E-state index >= 15 is 0 Å². The van der Waals surface area contributed by atoms with Crippen LogP contribution in [0.15, 0.2) is 0 Å². The largest absolute Gasteiger partial charge is 0.479 e. The van der Waals surface area contributed by atoms with E-state index in [1.165, 1.54) is 0 Å². The second-order valence-electron chi connectivity index (χ2n) is 2.37. The lowest BCUT2D eigenvalue weighted by Crippen LogP contribution is -2.41. The van der Waals surface area contributed by atoms with Gasteiger partial charge >= 0.3 is 11.9 Å². The minimum Gasteiger partial charge on any atom is -0.479 e. The Balaban J connectivity index is 4.45. The first-order valence-corrected chi connectivity index (χ1v) is 3.31. The normalized spacial score (nSPS) is 19.4. The van der Waals surface area contributed by atoms with Crippen LogP contribution in [0.4, 0.5) is 17.6 Å². The summed E-state index contributed by atoms with van der Waals surface area (Å²) in [6.45, 7) is 0. The molecule has 82 valence electrons. The van der Waals surface area contributed by atoms with Crippen molar-refractivity contribution in [3.05, 3.63) is 0 Å². The van der Waals surface area contributed by atoms with E-state index in [1.807, 2.05) is 0 Å². The minimum atomic E-state index is -3.35. The fourth-order valence-corrected chi connectivity index (χ4v) is 0.595. The summed E-state index contributed by atoms with van der Waals surface area (Å²) in [6.07, 6.45) is -13.3. The molecule has 0 aromatic rings. The van der Waals surface area contributed by atoms with Gasteiger partial charge in [-0.1, -0.05) is 0 Å². The summed E-state index contributed by atoms with van der Waals surface area (Å²) in [5.41, 5.74) is 0. The first-order chi connectivity index (χ1) is 6.29. The van der Waals surface area contributed by atoms with E-state index in [-0.39, 0.29) is 0 Å². The molecule has 0 fully saturated rings. The van der Waals surface area contributed by atoms with Crippen LogP contribution in [0.5, 0.6) is 0 Å². The molecule has 0 spiro atoms. The molecule has 0 radical (unpaired) electrons. The molecule has 0 saturated carbocycles. The number of hydrogen-bond donors (Lipinski definition) is 2. The van der Waals surface area contributed by atoms with Gasteiger partial charge in [-0.25, -0.2) is 27.2 Å². The van der Waals surface area contributed by atoms with E-state index in [0.29, 0.717) is 0 Å². The molecule has 0 aliphatic rings. The zero-order valence-electron chi connectivity index (χ0n) is 6.53. The lowest BCUT2D eigenvalue weighted by atomic mass is 10.1. The Hall–Kier alpha value is -1.34. The molecule has 4 nitrogen and oxygen atoms in total. The molecule has 0 saturated heterocycles. The van der Waals surface area contributed by atoms with Crippen molar-refractivity contribution in [2.45, 2.75) is 24.7 Å². The SMILES string of the molecule is O=C(O)C(F)C(F)C(F)C(F)C(=O)O. The average Bonchev–Trinajstić information content (AvgIpc) is 2.12. The molecule has 4 unspecified atom stereocenters. The highest BCUT2D eigenvalue weighted by atomic mass is 19.2. The number of alkyl halides is 4. The molecule has 0 aromatic heterocycles. The quantitative estimate of drug-likeness (QED) is 0.659. The van der Waals surface area contributed by atoms with Gasteiger partial charge in [-0.2, -0.15) is 0 Å². The molecule has 0 bridgehead atoms. The molecule has 2 N–H and O–H groups in total. The monoisotopic (exact) mass is 218 g/mol. The number of carboxylic acid groups (broad SMARTS) is 2. The number of aliphatic carboxylic acids is 2. The fourth-order valence-electron chi connectivity index (χ4n) is 0.595. The molecule has 0 aromatic carbocycles. The molecular weight excluding hydrogens is 212 g/mol. The standard InChI is InChI=1S/C6H6F4O4/c7-1(3(9)5(11)12)2(8)4(10)6(13)14/h1-4H,(H,11,12)(H,13,14). The van der Waals surface area contributed by atoms with E-state index in [1.54, 1.807) is 0 Å². The van der Waals surface area contributed by atoms with Crippen LogP contribution in [-0.4, -0.2) is 46.8 Å². The summed E-state index contributed by atoms with van der Waals surface area (Å²) in [6, 6.07) is 0. The van der Waals surface area contributed by atoms with E-state index in [2.05, 4.69) is 0 Å². The third-order valence-electron chi connectivity index (χ3n) is 1.34. The summed E-state index contributed by atoms with van der Waals surface area (Å²) >= 11 is 0. The van der Waals surface area contributed by atoms with Crippen LogP contribution in [0, 0.1) is 0 Å². The zero-order valence-corrected chi connectivity index (χ0v) is 6.53. The zero-order chi connectivity index (χ0) is 11.5. The van der Waals surface area contributed by atoms with Crippen molar-refractivity contribution in [1.82, 2.24) is 0 Å². The molecule has 0 aliphatic heterocycles. The summed E-state index contributed by atoms with van der Waals surface area (Å²) in [5.74, 6) is -4.64. The van der Waals surface area contributed by atoms with E-state index in [9.17, 15) is 27.2 Å². The van der Waals surface area contributed by atoms with E-state index in [0.717, 1.165) is 0 Å². The lowest BCUT2D eigenvalue weighted by molar-refractivity contribution is -0.153. The Morgan fingerprint density at radius 1 is 0.786 bits per heavy atom. The number of halogens is 4. The molecule has 0 heterocycles. The Kier molecular flexibility index (Phi) is 4.32. The summed E-state index contributed by atoms with van der Waals surface area (Å²) in [5, 5.41) is 15.7. The predicted octanol–water partition coefficient (Wildman–Crippen LogP) is 0.508. The van der Waals surface area contributed by atoms with Crippen molar-refractivity contribution in [2.75, 3.05) is 0 Å². The minimum absolute atomic E-state index is 2.32. The van der Waals surface area contributed by atoms with Gasteiger partial charge < -0.3 is 10.2 Å². The molecule has 0 amide bonds. The topological polar surface area (TPSA) is 74.6 Å². The average molecular weight is 218 g/mol. The van der Waals surface area contributed by atoms with Crippen LogP contribution in [-0.2, 0) is 9.59 Å². The number of carboxylic acids is 2. The van der Waals surface area contributed by atoms with Crippen LogP contribution in [0.3, 0.4) is 0 Å². The summed E-state index contributed by atoms with van der Waals surface area (Å²) in [4.78, 5) is 19.6. The highest BCUT2D eigenvalue weighted by molar-refractivity contribution is 5.75. The Bertz CT molecular complexity index is 210. The molecule has 0 aliphatic carbocycles. The Morgan fingerprint density at radius 3 is 1.14 bits per heavy atom. The van der Waals surface area contributed by atoms with Crippen molar-refractivity contribution in [2.24, 2.45) is 0 Å². The van der Waals surface area contributed by atoms with Crippen molar-refractivity contribution < 1.29 is 37.4 Å². The van der Waals surface area contributed by atoms with Crippen LogP contribution in [0.2, 0.25) is 0 Å². The van der Waals surface area contributed by atoms with Gasteiger partial charge in [0.1, 0.15) is 0 Å². The highest BCUT2D eigenvalue weighted by Gasteiger charge is 2.42. The van der Waals surface area contributed by atoms with Gasteiger partial charge in [0.25, 0.3) is 0 Å². The van der Waals surface area contributed by atoms with Gasteiger partial charge in [0.05, 0.1) is 0 Å². The fraction of sp³-hybridized carbons (Fsp3) is 0.667. The molecule has 8 heteroatoms. The third kappa shape index (κ3) is 2.86. The molecular formula is C6H6F4O4. The Labute approximate surface area is 75.1 Å². The summed E-state index contributed by atoms with van der Waals surface area (Å²) < 4.78 is 49.3. The molecule has 4 atom stereocenters. The number of rotatable bonds is 5. The second-order valence-corrected chi connectivity index (χ2v) is 2.37. The maximum Gasteiger partial charge on any atom is 0.341 e. The maximum absolute atomic E-state index is 12.4. The smallest absolute Gasteiger partial charge is 0.341 e. The Morgan fingerprint density at radius 2 is 1.00 bits per heavy atom. The molecule has 0 rings (SSSR count). The van der Waals surface area contributed by atoms with Crippen LogP contribution in [0.25, 0.3) is 0 Å². The lowest BCUT2D eigenvalue weighted by Gasteiger charge is -2.15. The van der Waals surface area contributed by atoms with Gasteiger partial charge in [0.15, 0.2) is 12.3 Å². The molecule has 14 heavy (non-hydrogen) atoms. The maximum atomic E-state index is 12.4. The van der Waals surface area contributed by atoms with Gasteiger partial charge in [0, 0.05) is 0 Å². The van der Waals surface area contributed by atoms with Crippen molar-refractivity contribution >= 4 is 11.9 Å². The highest BCUT2D eigenvalue weighted by Crippen LogP contribution is 2.17. The number of carbonyl (C=O) groups is 2. The summed E-state index contributed by atoms with van der Waals surface area (Å²) in [7, 11) is 0. The van der Waals surface area contributed by atoms with Crippen molar-refractivity contribution in [1.29, 1.82) is 0 Å². The van der Waals surface area contributed by atoms with E-state index < -0.39 is 36.6 Å². The second kappa shape index (κ2) is 4.77. The predicted molar refractivity (Wildman–Crippen MR) is 34.9 cm³/mol. The van der Waals surface area contributed by atoms with Gasteiger partial charge in [-0.3, -0.25) is 0 Å². The van der Waals surface area contributed by atoms with Crippen LogP contribution < -0.4 is 0 Å². The van der Waals surface area contributed by atoms with Crippen LogP contribution in [0.1, 0.15) is 0 Å². The number of hydrogen-bond acceptors (Lipinski definition) is 2. The van der Waals surface area contributed by atoms with E-state index in [4.69, 9.17) is 10.2 Å². The van der Waals surface area contributed by atoms with Crippen molar-refractivity contribution in [3.8, 4) is 0 Å². The first-order valence-electron chi connectivity index (χ1n) is 3.31. The third-order valence-corrected chi connectivity index (χ3v) is 1.34.